The smallest absolute Gasteiger partial charge is 0.337 e. The number of aliphatic hydroxyl groups excluding tert-OH is 1. The third-order valence-corrected chi connectivity index (χ3v) is 3.45. The molecule has 1 heterocycles. The number of nitrogens with one attached hydrogen (secondary N) is 1. The van der Waals surface area contributed by atoms with Crippen molar-refractivity contribution in [3.05, 3.63) is 22.8 Å². The normalized spacial score (nSPS) is 12.5. The molecule has 1 aromatic rings. The first-order valence-corrected chi connectivity index (χ1v) is 6.68. The number of aromatic carboxylic acids is 1. The van der Waals surface area contributed by atoms with E-state index < -0.39 is 12.1 Å². The Hall–Kier alpha value is -1.33. The first kappa shape index (κ1) is 15.7. The van der Waals surface area contributed by atoms with Crippen LogP contribution in [0.2, 0.25) is 5.02 Å². The second-order valence-electron chi connectivity index (χ2n) is 4.38. The first-order chi connectivity index (χ1) is 8.99. The number of hydrogen-bond acceptors (Lipinski definition) is 4. The van der Waals surface area contributed by atoms with Gasteiger partial charge in [-0.3, -0.25) is 0 Å². The SMILES string of the molecule is CCC(CC)C(O)CNc1ncc(C(=O)O)cc1Cl. The Morgan fingerprint density at radius 2 is 2.11 bits per heavy atom. The molecule has 1 aromatic heterocycles. The van der Waals surface area contributed by atoms with Crippen LogP contribution in [0.1, 0.15) is 37.0 Å². The Balaban J connectivity index is 2.65. The van der Waals surface area contributed by atoms with Gasteiger partial charge >= 0.3 is 5.97 Å². The molecule has 106 valence electrons. The van der Waals surface area contributed by atoms with Gasteiger partial charge < -0.3 is 15.5 Å². The van der Waals surface area contributed by atoms with Crippen LogP contribution in [0.3, 0.4) is 0 Å². The van der Waals surface area contributed by atoms with E-state index in [1.165, 1.54) is 12.3 Å². The third kappa shape index (κ3) is 4.36. The molecule has 0 radical (unpaired) electrons. The van der Waals surface area contributed by atoms with Crippen molar-refractivity contribution in [2.45, 2.75) is 32.8 Å². The minimum absolute atomic E-state index is 0.0380. The van der Waals surface area contributed by atoms with Crippen molar-refractivity contribution in [1.82, 2.24) is 4.98 Å². The Morgan fingerprint density at radius 3 is 2.58 bits per heavy atom. The lowest BCUT2D eigenvalue weighted by Gasteiger charge is -2.20. The maximum atomic E-state index is 10.7. The van der Waals surface area contributed by atoms with Gasteiger partial charge in [-0.05, 0) is 12.0 Å². The van der Waals surface area contributed by atoms with Gasteiger partial charge in [-0.1, -0.05) is 38.3 Å². The van der Waals surface area contributed by atoms with Crippen molar-refractivity contribution in [3.8, 4) is 0 Å². The lowest BCUT2D eigenvalue weighted by Crippen LogP contribution is -2.28. The van der Waals surface area contributed by atoms with E-state index in [4.69, 9.17) is 16.7 Å². The molecule has 0 saturated heterocycles. The van der Waals surface area contributed by atoms with E-state index in [0.717, 1.165) is 12.8 Å². The van der Waals surface area contributed by atoms with Gasteiger partial charge in [0.15, 0.2) is 0 Å². The fourth-order valence-corrected chi connectivity index (χ4v) is 2.12. The van der Waals surface area contributed by atoms with Gasteiger partial charge in [0.25, 0.3) is 0 Å². The van der Waals surface area contributed by atoms with Crippen molar-refractivity contribution in [2.75, 3.05) is 11.9 Å². The van der Waals surface area contributed by atoms with Crippen LogP contribution in [-0.4, -0.2) is 33.8 Å². The van der Waals surface area contributed by atoms with Crippen LogP contribution in [0, 0.1) is 5.92 Å². The number of carboxylic acids is 1. The molecule has 1 rings (SSSR count). The van der Waals surface area contributed by atoms with E-state index in [9.17, 15) is 9.90 Å². The van der Waals surface area contributed by atoms with Gasteiger partial charge in [0.05, 0.1) is 16.7 Å². The number of hydrogen-bond donors (Lipinski definition) is 3. The van der Waals surface area contributed by atoms with Gasteiger partial charge in [-0.25, -0.2) is 9.78 Å². The zero-order valence-electron chi connectivity index (χ0n) is 11.1. The summed E-state index contributed by atoms with van der Waals surface area (Å²) in [6.45, 7) is 4.40. The van der Waals surface area contributed by atoms with Crippen LogP contribution in [0.5, 0.6) is 0 Å². The number of aromatic nitrogens is 1. The molecule has 3 N–H and O–H groups in total. The summed E-state index contributed by atoms with van der Waals surface area (Å²) in [5.74, 6) is -0.459. The molecule has 6 heteroatoms. The number of nitrogens with zero attached hydrogens (tertiary/aromatic N) is 1. The number of carbonyl (C=O) groups is 1. The summed E-state index contributed by atoms with van der Waals surface area (Å²) in [5, 5.41) is 21.9. The Bertz CT molecular complexity index is 436. The van der Waals surface area contributed by atoms with Crippen molar-refractivity contribution >= 4 is 23.4 Å². The Kier molecular flexibility index (Phi) is 6.05. The summed E-state index contributed by atoms with van der Waals surface area (Å²) < 4.78 is 0. The number of aliphatic hydroxyl groups is 1. The van der Waals surface area contributed by atoms with Gasteiger partial charge in [0.2, 0.25) is 0 Å². The molecular weight excluding hydrogens is 268 g/mol. The monoisotopic (exact) mass is 286 g/mol. The van der Waals surface area contributed by atoms with E-state index in [1.807, 2.05) is 13.8 Å². The number of pyridine rings is 1. The van der Waals surface area contributed by atoms with Gasteiger partial charge in [-0.15, -0.1) is 0 Å². The molecule has 5 nitrogen and oxygen atoms in total. The van der Waals surface area contributed by atoms with Crippen molar-refractivity contribution < 1.29 is 15.0 Å². The number of anilines is 1. The minimum Gasteiger partial charge on any atom is -0.478 e. The zero-order chi connectivity index (χ0) is 14.4. The summed E-state index contributed by atoms with van der Waals surface area (Å²) in [4.78, 5) is 14.7. The van der Waals surface area contributed by atoms with Crippen LogP contribution >= 0.6 is 11.6 Å². The van der Waals surface area contributed by atoms with Crippen molar-refractivity contribution in [2.24, 2.45) is 5.92 Å². The fourth-order valence-electron chi connectivity index (χ4n) is 1.89. The van der Waals surface area contributed by atoms with Crippen LogP contribution in [-0.2, 0) is 0 Å². The quantitative estimate of drug-likeness (QED) is 0.718. The molecule has 0 amide bonds. The fraction of sp³-hybridized carbons (Fsp3) is 0.538. The molecule has 0 spiro atoms. The third-order valence-electron chi connectivity index (χ3n) is 3.16. The molecule has 0 bridgehead atoms. The highest BCUT2D eigenvalue weighted by atomic mass is 35.5. The predicted molar refractivity (Wildman–Crippen MR) is 74.8 cm³/mol. The Morgan fingerprint density at radius 1 is 1.47 bits per heavy atom. The molecule has 0 saturated carbocycles. The number of halogens is 1. The van der Waals surface area contributed by atoms with E-state index in [-0.39, 0.29) is 16.5 Å². The van der Waals surface area contributed by atoms with E-state index in [0.29, 0.717) is 12.4 Å². The molecule has 0 aromatic carbocycles. The van der Waals surface area contributed by atoms with E-state index in [2.05, 4.69) is 10.3 Å². The Labute approximate surface area is 117 Å². The average Bonchev–Trinajstić information content (AvgIpc) is 2.38. The zero-order valence-corrected chi connectivity index (χ0v) is 11.8. The summed E-state index contributed by atoms with van der Waals surface area (Å²) in [7, 11) is 0. The molecule has 0 aliphatic heterocycles. The van der Waals surface area contributed by atoms with Crippen LogP contribution in [0.15, 0.2) is 12.3 Å². The van der Waals surface area contributed by atoms with Gasteiger partial charge in [0, 0.05) is 12.7 Å². The molecule has 19 heavy (non-hydrogen) atoms. The van der Waals surface area contributed by atoms with E-state index in [1.54, 1.807) is 0 Å². The van der Waals surface area contributed by atoms with Crippen molar-refractivity contribution in [1.29, 1.82) is 0 Å². The predicted octanol–water partition coefficient (Wildman–Crippen LogP) is 2.64. The largest absolute Gasteiger partial charge is 0.478 e. The van der Waals surface area contributed by atoms with Crippen molar-refractivity contribution in [3.63, 3.8) is 0 Å². The highest BCUT2D eigenvalue weighted by Gasteiger charge is 2.16. The first-order valence-electron chi connectivity index (χ1n) is 6.30. The van der Waals surface area contributed by atoms with Crippen LogP contribution in [0.25, 0.3) is 0 Å². The summed E-state index contributed by atoms with van der Waals surface area (Å²) in [5.41, 5.74) is 0.0380. The lowest BCUT2D eigenvalue weighted by molar-refractivity contribution is 0.0696. The summed E-state index contributed by atoms with van der Waals surface area (Å²) in [6.07, 6.45) is 2.56. The number of rotatable bonds is 7. The van der Waals surface area contributed by atoms with E-state index >= 15 is 0 Å². The molecular formula is C13H19ClN2O3. The van der Waals surface area contributed by atoms with Gasteiger partial charge in [0.1, 0.15) is 5.82 Å². The number of carboxylic acid groups (broad SMARTS) is 1. The summed E-state index contributed by atoms with van der Waals surface area (Å²) >= 11 is 5.93. The maximum Gasteiger partial charge on any atom is 0.337 e. The highest BCUT2D eigenvalue weighted by Crippen LogP contribution is 2.21. The summed E-state index contributed by atoms with van der Waals surface area (Å²) in [6, 6.07) is 1.34. The van der Waals surface area contributed by atoms with Crippen LogP contribution in [0.4, 0.5) is 5.82 Å². The maximum absolute atomic E-state index is 10.7. The van der Waals surface area contributed by atoms with Gasteiger partial charge in [-0.2, -0.15) is 0 Å². The molecule has 1 unspecified atom stereocenters. The standard InChI is InChI=1S/C13H19ClN2O3/c1-3-8(4-2)11(17)7-16-12-10(14)5-9(6-15-12)13(18)19/h5-6,8,11,17H,3-4,7H2,1-2H3,(H,15,16)(H,18,19). The highest BCUT2D eigenvalue weighted by molar-refractivity contribution is 6.33. The van der Waals surface area contributed by atoms with Crippen LogP contribution < -0.4 is 5.32 Å². The second-order valence-corrected chi connectivity index (χ2v) is 4.79. The second kappa shape index (κ2) is 7.31. The minimum atomic E-state index is -1.07. The molecule has 0 fully saturated rings. The average molecular weight is 287 g/mol. The lowest BCUT2D eigenvalue weighted by atomic mass is 9.96. The molecule has 1 atom stereocenters. The molecule has 0 aliphatic rings. The topological polar surface area (TPSA) is 82.5 Å². The molecule has 0 aliphatic carbocycles.